The quantitative estimate of drug-likeness (QED) is 0.777. The number of hydrogen-bond acceptors (Lipinski definition) is 2. The Morgan fingerprint density at radius 2 is 1.76 bits per heavy atom. The number of hydrogen-bond donors (Lipinski definition) is 1. The maximum Gasteiger partial charge on any atom is 0.303 e. The van der Waals surface area contributed by atoms with Crippen LogP contribution >= 0.6 is 0 Å². The number of nitrogens with zero attached hydrogens (tertiary/aromatic N) is 1. The van der Waals surface area contributed by atoms with Gasteiger partial charge in [0.25, 0.3) is 0 Å². The van der Waals surface area contributed by atoms with Gasteiger partial charge in [-0.1, -0.05) is 6.92 Å². The van der Waals surface area contributed by atoms with E-state index in [1.165, 1.54) is 19.4 Å². The Bertz CT molecular complexity index is 232. The second-order valence-corrected chi connectivity index (χ2v) is 5.67. The van der Waals surface area contributed by atoms with E-state index in [0.717, 1.165) is 25.3 Å². The van der Waals surface area contributed by atoms with Crippen LogP contribution in [0.2, 0.25) is 0 Å². The maximum atomic E-state index is 10.7. The van der Waals surface area contributed by atoms with Gasteiger partial charge in [0.1, 0.15) is 0 Å². The summed E-state index contributed by atoms with van der Waals surface area (Å²) in [4.78, 5) is 13.2. The molecule has 0 heterocycles. The standard InChI is InChI=1S/C14H27NO2/c1-4-15(11(2)3)10-13-7-5-12(6-8-13)9-14(16)17/h11-13H,4-10H2,1-3H3,(H,16,17)/t12-,13-. The molecular formula is C14H27NO2. The van der Waals surface area contributed by atoms with Gasteiger partial charge in [-0.3, -0.25) is 4.79 Å². The fourth-order valence-corrected chi connectivity index (χ4v) is 2.90. The van der Waals surface area contributed by atoms with Gasteiger partial charge in [-0.05, 0) is 57.9 Å². The first-order chi connectivity index (χ1) is 8.02. The Kier molecular flexibility index (Phi) is 5.96. The molecule has 0 aromatic rings. The van der Waals surface area contributed by atoms with E-state index in [2.05, 4.69) is 25.7 Å². The lowest BCUT2D eigenvalue weighted by molar-refractivity contribution is -0.138. The first-order valence-electron chi connectivity index (χ1n) is 6.98. The summed E-state index contributed by atoms with van der Waals surface area (Å²) >= 11 is 0. The summed E-state index contributed by atoms with van der Waals surface area (Å²) in [5.41, 5.74) is 0. The highest BCUT2D eigenvalue weighted by molar-refractivity contribution is 5.67. The lowest BCUT2D eigenvalue weighted by atomic mass is 9.80. The van der Waals surface area contributed by atoms with Gasteiger partial charge in [-0.25, -0.2) is 0 Å². The minimum atomic E-state index is -0.634. The summed E-state index contributed by atoms with van der Waals surface area (Å²) in [6.07, 6.45) is 5.00. The number of aliphatic carboxylic acids is 1. The van der Waals surface area contributed by atoms with Crippen LogP contribution in [-0.4, -0.2) is 35.1 Å². The van der Waals surface area contributed by atoms with Crippen LogP contribution in [0.25, 0.3) is 0 Å². The molecule has 0 aromatic heterocycles. The molecule has 0 radical (unpaired) electrons. The molecule has 0 unspecified atom stereocenters. The number of carboxylic acids is 1. The summed E-state index contributed by atoms with van der Waals surface area (Å²) in [7, 11) is 0. The molecule has 0 atom stereocenters. The van der Waals surface area contributed by atoms with Gasteiger partial charge in [-0.15, -0.1) is 0 Å². The second kappa shape index (κ2) is 7.00. The van der Waals surface area contributed by atoms with E-state index in [0.29, 0.717) is 18.4 Å². The van der Waals surface area contributed by atoms with Crippen LogP contribution in [0.5, 0.6) is 0 Å². The lowest BCUT2D eigenvalue weighted by Gasteiger charge is -2.33. The minimum Gasteiger partial charge on any atom is -0.481 e. The molecule has 1 N–H and O–H groups in total. The van der Waals surface area contributed by atoms with Crippen LogP contribution in [0.1, 0.15) is 52.9 Å². The van der Waals surface area contributed by atoms with Crippen molar-refractivity contribution in [3.8, 4) is 0 Å². The predicted molar refractivity (Wildman–Crippen MR) is 70.1 cm³/mol. The molecule has 0 aromatic carbocycles. The molecule has 1 aliphatic carbocycles. The normalized spacial score (nSPS) is 25.5. The Morgan fingerprint density at radius 3 is 2.18 bits per heavy atom. The fraction of sp³-hybridized carbons (Fsp3) is 0.929. The molecule has 1 saturated carbocycles. The van der Waals surface area contributed by atoms with E-state index in [-0.39, 0.29) is 0 Å². The van der Waals surface area contributed by atoms with Crippen molar-refractivity contribution in [2.75, 3.05) is 13.1 Å². The largest absolute Gasteiger partial charge is 0.481 e. The number of carbonyl (C=O) groups is 1. The molecular weight excluding hydrogens is 214 g/mol. The molecule has 0 aliphatic heterocycles. The van der Waals surface area contributed by atoms with Crippen LogP contribution in [0.15, 0.2) is 0 Å². The Labute approximate surface area is 105 Å². The van der Waals surface area contributed by atoms with E-state index in [1.807, 2.05) is 0 Å². The molecule has 0 amide bonds. The zero-order chi connectivity index (χ0) is 12.8. The van der Waals surface area contributed by atoms with Crippen molar-refractivity contribution in [3.63, 3.8) is 0 Å². The van der Waals surface area contributed by atoms with Gasteiger partial charge in [0.2, 0.25) is 0 Å². The highest BCUT2D eigenvalue weighted by atomic mass is 16.4. The van der Waals surface area contributed by atoms with Crippen molar-refractivity contribution in [2.24, 2.45) is 11.8 Å². The van der Waals surface area contributed by atoms with Crippen molar-refractivity contribution in [1.82, 2.24) is 4.90 Å². The average Bonchev–Trinajstić information content (AvgIpc) is 2.26. The van der Waals surface area contributed by atoms with Crippen molar-refractivity contribution in [3.05, 3.63) is 0 Å². The highest BCUT2D eigenvalue weighted by Gasteiger charge is 2.24. The SMILES string of the molecule is CCN(C[C@H]1CC[C@H](CC(=O)O)CC1)C(C)C. The van der Waals surface area contributed by atoms with Gasteiger partial charge in [0.15, 0.2) is 0 Å². The maximum absolute atomic E-state index is 10.7. The van der Waals surface area contributed by atoms with Crippen LogP contribution in [0.3, 0.4) is 0 Å². The zero-order valence-electron chi connectivity index (χ0n) is 11.5. The smallest absolute Gasteiger partial charge is 0.303 e. The van der Waals surface area contributed by atoms with Crippen molar-refractivity contribution < 1.29 is 9.90 Å². The molecule has 100 valence electrons. The summed E-state index contributed by atoms with van der Waals surface area (Å²) in [5.74, 6) is 0.575. The van der Waals surface area contributed by atoms with Crippen LogP contribution in [0.4, 0.5) is 0 Å². The van der Waals surface area contributed by atoms with E-state index >= 15 is 0 Å². The minimum absolute atomic E-state index is 0.369. The Morgan fingerprint density at radius 1 is 1.24 bits per heavy atom. The topological polar surface area (TPSA) is 40.5 Å². The van der Waals surface area contributed by atoms with Gasteiger partial charge in [0, 0.05) is 19.0 Å². The highest BCUT2D eigenvalue weighted by Crippen LogP contribution is 2.31. The van der Waals surface area contributed by atoms with Gasteiger partial charge >= 0.3 is 5.97 Å². The molecule has 0 saturated heterocycles. The van der Waals surface area contributed by atoms with E-state index < -0.39 is 5.97 Å². The van der Waals surface area contributed by atoms with E-state index in [9.17, 15) is 4.79 Å². The summed E-state index contributed by atoms with van der Waals surface area (Å²) < 4.78 is 0. The van der Waals surface area contributed by atoms with Gasteiger partial charge in [0.05, 0.1) is 0 Å². The average molecular weight is 241 g/mol. The molecule has 3 nitrogen and oxygen atoms in total. The number of carboxylic acid groups (broad SMARTS) is 1. The summed E-state index contributed by atoms with van der Waals surface area (Å²) in [6, 6.07) is 0.622. The third-order valence-corrected chi connectivity index (χ3v) is 4.06. The zero-order valence-corrected chi connectivity index (χ0v) is 11.5. The molecule has 1 fully saturated rings. The molecule has 0 spiro atoms. The molecule has 0 bridgehead atoms. The van der Waals surface area contributed by atoms with Crippen molar-refractivity contribution >= 4 is 5.97 Å². The monoisotopic (exact) mass is 241 g/mol. The van der Waals surface area contributed by atoms with Crippen molar-refractivity contribution in [1.29, 1.82) is 0 Å². The Balaban J connectivity index is 2.29. The number of rotatable bonds is 6. The van der Waals surface area contributed by atoms with Crippen LogP contribution < -0.4 is 0 Å². The third kappa shape index (κ3) is 5.07. The first kappa shape index (κ1) is 14.5. The van der Waals surface area contributed by atoms with E-state index in [4.69, 9.17) is 5.11 Å². The third-order valence-electron chi connectivity index (χ3n) is 4.06. The molecule has 3 heteroatoms. The van der Waals surface area contributed by atoms with Crippen LogP contribution in [-0.2, 0) is 4.79 Å². The second-order valence-electron chi connectivity index (χ2n) is 5.67. The molecule has 1 rings (SSSR count). The molecule has 1 aliphatic rings. The first-order valence-corrected chi connectivity index (χ1v) is 6.98. The van der Waals surface area contributed by atoms with Gasteiger partial charge < -0.3 is 10.0 Å². The molecule has 17 heavy (non-hydrogen) atoms. The summed E-state index contributed by atoms with van der Waals surface area (Å²) in [6.45, 7) is 9.02. The van der Waals surface area contributed by atoms with Crippen LogP contribution in [0, 0.1) is 11.8 Å². The van der Waals surface area contributed by atoms with Crippen molar-refractivity contribution in [2.45, 2.75) is 58.9 Å². The summed E-state index contributed by atoms with van der Waals surface area (Å²) in [5, 5.41) is 8.78. The van der Waals surface area contributed by atoms with Gasteiger partial charge in [-0.2, -0.15) is 0 Å². The predicted octanol–water partition coefficient (Wildman–Crippen LogP) is 3.00. The fourth-order valence-electron chi connectivity index (χ4n) is 2.90. The van der Waals surface area contributed by atoms with E-state index in [1.54, 1.807) is 0 Å². The Hall–Kier alpha value is -0.570. The lowest BCUT2D eigenvalue weighted by Crippen LogP contribution is -2.36.